The molecule has 2 atom stereocenters. The lowest BCUT2D eigenvalue weighted by molar-refractivity contribution is 0.105. The fraction of sp³-hybridized carbons (Fsp3) is 0.750. The predicted molar refractivity (Wildman–Crippen MR) is 77.1 cm³/mol. The molecule has 106 valence electrons. The Morgan fingerprint density at radius 3 is 2.89 bits per heavy atom. The van der Waals surface area contributed by atoms with E-state index >= 15 is 0 Å². The Labute approximate surface area is 116 Å². The lowest BCUT2D eigenvalue weighted by atomic mass is 9.83. The first-order valence-electron chi connectivity index (χ1n) is 7.85. The van der Waals surface area contributed by atoms with Gasteiger partial charge in [0.25, 0.3) is 0 Å². The molecule has 19 heavy (non-hydrogen) atoms. The third kappa shape index (κ3) is 3.03. The first-order valence-corrected chi connectivity index (χ1v) is 7.85. The van der Waals surface area contributed by atoms with Crippen molar-refractivity contribution in [2.45, 2.75) is 51.1 Å². The molecule has 3 heteroatoms. The van der Waals surface area contributed by atoms with Crippen molar-refractivity contribution in [3.63, 3.8) is 0 Å². The lowest BCUT2D eigenvalue weighted by Crippen LogP contribution is -2.54. The van der Waals surface area contributed by atoms with Crippen LogP contribution in [-0.4, -0.2) is 30.6 Å². The predicted octanol–water partition coefficient (Wildman–Crippen LogP) is 3.19. The van der Waals surface area contributed by atoms with Crippen LogP contribution in [0.3, 0.4) is 0 Å². The Kier molecular flexibility index (Phi) is 4.24. The van der Waals surface area contributed by atoms with Gasteiger partial charge >= 0.3 is 0 Å². The maximum atomic E-state index is 5.57. The molecule has 1 aliphatic carbocycles. The van der Waals surface area contributed by atoms with E-state index in [0.717, 1.165) is 24.8 Å². The van der Waals surface area contributed by atoms with E-state index in [1.165, 1.54) is 38.6 Å². The molecule has 2 unspecified atom stereocenters. The average molecular weight is 262 g/mol. The van der Waals surface area contributed by atoms with Crippen LogP contribution < -0.4 is 5.32 Å². The second-order valence-corrected chi connectivity index (χ2v) is 6.15. The number of nitrogens with zero attached hydrogens (tertiary/aromatic N) is 1. The molecule has 0 radical (unpaired) electrons. The molecule has 0 amide bonds. The monoisotopic (exact) mass is 262 g/mol. The first kappa shape index (κ1) is 13.2. The van der Waals surface area contributed by atoms with Gasteiger partial charge in [0.15, 0.2) is 0 Å². The van der Waals surface area contributed by atoms with Crippen LogP contribution in [0.2, 0.25) is 0 Å². The highest BCUT2D eigenvalue weighted by Crippen LogP contribution is 2.29. The van der Waals surface area contributed by atoms with Gasteiger partial charge in [-0.25, -0.2) is 0 Å². The zero-order valence-electron chi connectivity index (χ0n) is 12.0. The molecule has 3 rings (SSSR count). The molecule has 1 saturated carbocycles. The summed E-state index contributed by atoms with van der Waals surface area (Å²) in [7, 11) is 0. The van der Waals surface area contributed by atoms with E-state index in [1.54, 1.807) is 6.26 Å². The molecule has 2 fully saturated rings. The summed E-state index contributed by atoms with van der Waals surface area (Å²) in [5.74, 6) is 1.99. The maximum Gasteiger partial charge on any atom is 0.120 e. The Morgan fingerprint density at radius 1 is 1.32 bits per heavy atom. The van der Waals surface area contributed by atoms with Crippen molar-refractivity contribution >= 4 is 0 Å². The molecule has 0 spiro atoms. The molecule has 1 N–H and O–H groups in total. The smallest absolute Gasteiger partial charge is 0.120 e. The minimum atomic E-state index is 0.406. The van der Waals surface area contributed by atoms with Gasteiger partial charge in [-0.15, -0.1) is 0 Å². The minimum Gasteiger partial charge on any atom is -0.468 e. The Balaban J connectivity index is 1.61. The molecule has 0 bridgehead atoms. The van der Waals surface area contributed by atoms with Crippen LogP contribution in [0.1, 0.15) is 50.8 Å². The van der Waals surface area contributed by atoms with Crippen molar-refractivity contribution < 1.29 is 4.42 Å². The Morgan fingerprint density at radius 2 is 2.16 bits per heavy atom. The molecule has 0 aromatic carbocycles. The number of rotatable bonds is 3. The van der Waals surface area contributed by atoms with Crippen molar-refractivity contribution in [3.05, 3.63) is 24.2 Å². The van der Waals surface area contributed by atoms with E-state index in [4.69, 9.17) is 4.42 Å². The molecule has 1 aromatic rings. The lowest BCUT2D eigenvalue weighted by Gasteiger charge is -2.41. The van der Waals surface area contributed by atoms with Crippen molar-refractivity contribution in [2.24, 2.45) is 5.92 Å². The summed E-state index contributed by atoms with van der Waals surface area (Å²) < 4.78 is 5.57. The van der Waals surface area contributed by atoms with Gasteiger partial charge in [-0.1, -0.05) is 19.3 Å². The highest BCUT2D eigenvalue weighted by atomic mass is 16.3. The van der Waals surface area contributed by atoms with Crippen LogP contribution in [0.15, 0.2) is 22.8 Å². The molecule has 1 saturated heterocycles. The van der Waals surface area contributed by atoms with E-state index in [0.29, 0.717) is 12.1 Å². The highest BCUT2D eigenvalue weighted by molar-refractivity contribution is 5.04. The number of nitrogens with one attached hydrogen (secondary N) is 1. The first-order chi connectivity index (χ1) is 9.34. The van der Waals surface area contributed by atoms with Crippen molar-refractivity contribution in [2.75, 3.05) is 19.6 Å². The van der Waals surface area contributed by atoms with Gasteiger partial charge in [0.2, 0.25) is 0 Å². The fourth-order valence-corrected chi connectivity index (χ4v) is 3.72. The standard InChI is InChI=1S/C16H26N2O/c1-13(16-8-5-11-19-16)18-10-9-17-15(12-18)14-6-3-2-4-7-14/h5,8,11,13-15,17H,2-4,6-7,9-10,12H2,1H3. The van der Waals surface area contributed by atoms with Gasteiger partial charge in [-0.2, -0.15) is 0 Å². The van der Waals surface area contributed by atoms with Crippen LogP contribution in [-0.2, 0) is 0 Å². The third-order valence-electron chi connectivity index (χ3n) is 4.96. The maximum absolute atomic E-state index is 5.57. The van der Waals surface area contributed by atoms with Crippen LogP contribution in [0.5, 0.6) is 0 Å². The SMILES string of the molecule is CC(c1ccco1)N1CCNC(C2CCCCC2)C1. The molecule has 2 aliphatic rings. The van der Waals surface area contributed by atoms with Gasteiger partial charge in [0.05, 0.1) is 12.3 Å². The zero-order valence-corrected chi connectivity index (χ0v) is 12.0. The van der Waals surface area contributed by atoms with Crippen LogP contribution in [0.25, 0.3) is 0 Å². The summed E-state index contributed by atoms with van der Waals surface area (Å²) in [5, 5.41) is 3.75. The number of furan rings is 1. The van der Waals surface area contributed by atoms with E-state index in [9.17, 15) is 0 Å². The molecule has 1 aliphatic heterocycles. The van der Waals surface area contributed by atoms with E-state index in [1.807, 2.05) is 6.07 Å². The quantitative estimate of drug-likeness (QED) is 0.907. The Bertz CT molecular complexity index is 370. The van der Waals surface area contributed by atoms with E-state index in [2.05, 4.69) is 23.2 Å². The van der Waals surface area contributed by atoms with Gasteiger partial charge in [-0.05, 0) is 37.8 Å². The highest BCUT2D eigenvalue weighted by Gasteiger charge is 2.30. The summed E-state index contributed by atoms with van der Waals surface area (Å²) in [6.07, 6.45) is 8.91. The fourth-order valence-electron chi connectivity index (χ4n) is 3.72. The molecule has 1 aromatic heterocycles. The summed E-state index contributed by atoms with van der Waals surface area (Å²) >= 11 is 0. The molecular formula is C16H26N2O. The minimum absolute atomic E-state index is 0.406. The van der Waals surface area contributed by atoms with E-state index < -0.39 is 0 Å². The summed E-state index contributed by atoms with van der Waals surface area (Å²) in [5.41, 5.74) is 0. The second-order valence-electron chi connectivity index (χ2n) is 6.15. The Hall–Kier alpha value is -0.800. The largest absolute Gasteiger partial charge is 0.468 e. The number of hydrogen-bond donors (Lipinski definition) is 1. The molecule has 2 heterocycles. The van der Waals surface area contributed by atoms with Crippen molar-refractivity contribution in [3.8, 4) is 0 Å². The normalized spacial score (nSPS) is 28.4. The van der Waals surface area contributed by atoms with Crippen LogP contribution in [0.4, 0.5) is 0 Å². The summed E-state index contributed by atoms with van der Waals surface area (Å²) in [6, 6.07) is 5.18. The van der Waals surface area contributed by atoms with Crippen LogP contribution in [0, 0.1) is 5.92 Å². The number of piperazine rings is 1. The zero-order chi connectivity index (χ0) is 13.1. The second kappa shape index (κ2) is 6.10. The molecular weight excluding hydrogens is 236 g/mol. The molecule has 3 nitrogen and oxygen atoms in total. The third-order valence-corrected chi connectivity index (χ3v) is 4.96. The van der Waals surface area contributed by atoms with Gasteiger partial charge in [-0.3, -0.25) is 4.90 Å². The number of hydrogen-bond acceptors (Lipinski definition) is 3. The van der Waals surface area contributed by atoms with Gasteiger partial charge < -0.3 is 9.73 Å². The summed E-state index contributed by atoms with van der Waals surface area (Å²) in [4.78, 5) is 2.58. The average Bonchev–Trinajstić information content (AvgIpc) is 3.02. The van der Waals surface area contributed by atoms with Gasteiger partial charge in [0, 0.05) is 25.7 Å². The van der Waals surface area contributed by atoms with Crippen molar-refractivity contribution in [1.82, 2.24) is 10.2 Å². The van der Waals surface area contributed by atoms with E-state index in [-0.39, 0.29) is 0 Å². The summed E-state index contributed by atoms with van der Waals surface area (Å²) in [6.45, 7) is 5.69. The van der Waals surface area contributed by atoms with Crippen LogP contribution >= 0.6 is 0 Å². The van der Waals surface area contributed by atoms with Crippen molar-refractivity contribution in [1.29, 1.82) is 0 Å². The van der Waals surface area contributed by atoms with Gasteiger partial charge in [0.1, 0.15) is 5.76 Å². The topological polar surface area (TPSA) is 28.4 Å².